The van der Waals surface area contributed by atoms with Gasteiger partial charge in [0.2, 0.25) is 5.91 Å². The van der Waals surface area contributed by atoms with Crippen LogP contribution in [0.25, 0.3) is 0 Å². The Morgan fingerprint density at radius 3 is 2.48 bits per heavy atom. The largest absolute Gasteiger partial charge is 0.491 e. The lowest BCUT2D eigenvalue weighted by molar-refractivity contribution is -0.123. The molecule has 1 amide bonds. The Bertz CT molecular complexity index is 438. The molecule has 0 aliphatic heterocycles. The third-order valence-electron chi connectivity index (χ3n) is 3.35. The third kappa shape index (κ3) is 6.36. The first-order valence-electron chi connectivity index (χ1n) is 7.23. The quantitative estimate of drug-likeness (QED) is 0.813. The molecule has 0 aliphatic rings. The van der Waals surface area contributed by atoms with Crippen molar-refractivity contribution in [1.29, 1.82) is 0 Å². The predicted octanol–water partition coefficient (Wildman–Crippen LogP) is 2.89. The molecule has 0 aromatic heterocycles. The van der Waals surface area contributed by atoms with Gasteiger partial charge in [0.25, 0.3) is 0 Å². The fraction of sp³-hybridized carbons (Fsp3) is 0.562. The van der Waals surface area contributed by atoms with E-state index in [0.29, 0.717) is 6.54 Å². The molecular formula is C16H27ClN2O2. The molecule has 0 saturated carbocycles. The molecule has 1 rings (SSSR count). The van der Waals surface area contributed by atoms with E-state index in [-0.39, 0.29) is 30.3 Å². The second kappa shape index (κ2) is 9.64. The lowest BCUT2D eigenvalue weighted by Gasteiger charge is -2.19. The van der Waals surface area contributed by atoms with Gasteiger partial charge < -0.3 is 15.8 Å². The number of hydrogen-bond donors (Lipinski definition) is 2. The SMILES string of the molecule is CCC(C)C(N)C(=O)NCc1ccccc1OC(C)C.Cl. The minimum Gasteiger partial charge on any atom is -0.491 e. The van der Waals surface area contributed by atoms with Crippen LogP contribution in [-0.2, 0) is 11.3 Å². The van der Waals surface area contributed by atoms with E-state index < -0.39 is 6.04 Å². The van der Waals surface area contributed by atoms with E-state index in [2.05, 4.69) is 5.32 Å². The Labute approximate surface area is 133 Å². The van der Waals surface area contributed by atoms with Crippen LogP contribution in [0.1, 0.15) is 39.7 Å². The van der Waals surface area contributed by atoms with E-state index in [1.165, 1.54) is 0 Å². The summed E-state index contributed by atoms with van der Waals surface area (Å²) in [7, 11) is 0. The van der Waals surface area contributed by atoms with Gasteiger partial charge in [0, 0.05) is 12.1 Å². The molecule has 3 N–H and O–H groups in total. The normalized spacial score (nSPS) is 13.2. The van der Waals surface area contributed by atoms with Crippen LogP contribution in [0.4, 0.5) is 0 Å². The molecular weight excluding hydrogens is 288 g/mol. The average Bonchev–Trinajstić information content (AvgIpc) is 2.43. The number of halogens is 1. The number of amides is 1. The molecule has 0 spiro atoms. The highest BCUT2D eigenvalue weighted by Gasteiger charge is 2.19. The molecule has 0 aliphatic carbocycles. The summed E-state index contributed by atoms with van der Waals surface area (Å²) in [6.07, 6.45) is 0.996. The van der Waals surface area contributed by atoms with Gasteiger partial charge in [-0.3, -0.25) is 4.79 Å². The van der Waals surface area contributed by atoms with Gasteiger partial charge in [0.05, 0.1) is 12.1 Å². The summed E-state index contributed by atoms with van der Waals surface area (Å²) < 4.78 is 5.72. The van der Waals surface area contributed by atoms with E-state index in [1.807, 2.05) is 52.0 Å². The number of nitrogens with one attached hydrogen (secondary N) is 1. The third-order valence-corrected chi connectivity index (χ3v) is 3.35. The second-order valence-corrected chi connectivity index (χ2v) is 5.40. The average molecular weight is 315 g/mol. The summed E-state index contributed by atoms with van der Waals surface area (Å²) in [5.41, 5.74) is 6.87. The molecule has 0 heterocycles. The van der Waals surface area contributed by atoms with Crippen molar-refractivity contribution in [3.8, 4) is 5.75 Å². The Kier molecular flexibility index (Phi) is 9.06. The molecule has 4 nitrogen and oxygen atoms in total. The van der Waals surface area contributed by atoms with Gasteiger partial charge in [-0.1, -0.05) is 38.5 Å². The number of nitrogens with two attached hydrogens (primary N) is 1. The highest BCUT2D eigenvalue weighted by Crippen LogP contribution is 2.19. The molecule has 1 aromatic rings. The highest BCUT2D eigenvalue weighted by atomic mass is 35.5. The van der Waals surface area contributed by atoms with E-state index in [1.54, 1.807) is 0 Å². The highest BCUT2D eigenvalue weighted by molar-refractivity contribution is 5.85. The molecule has 0 fully saturated rings. The van der Waals surface area contributed by atoms with Crippen LogP contribution in [0, 0.1) is 5.92 Å². The fourth-order valence-electron chi connectivity index (χ4n) is 1.83. The molecule has 0 saturated heterocycles. The van der Waals surface area contributed by atoms with Gasteiger partial charge in [0.15, 0.2) is 0 Å². The van der Waals surface area contributed by atoms with Gasteiger partial charge in [-0.15, -0.1) is 12.4 Å². The van der Waals surface area contributed by atoms with Crippen molar-refractivity contribution in [2.45, 2.75) is 52.8 Å². The fourth-order valence-corrected chi connectivity index (χ4v) is 1.83. The monoisotopic (exact) mass is 314 g/mol. The summed E-state index contributed by atoms with van der Waals surface area (Å²) in [6.45, 7) is 8.41. The van der Waals surface area contributed by atoms with Crippen LogP contribution in [0.15, 0.2) is 24.3 Å². The number of benzene rings is 1. The molecule has 1 aromatic carbocycles. The maximum atomic E-state index is 12.0. The predicted molar refractivity (Wildman–Crippen MR) is 88.7 cm³/mol. The maximum absolute atomic E-state index is 12.0. The van der Waals surface area contributed by atoms with Crippen molar-refractivity contribution >= 4 is 18.3 Å². The lowest BCUT2D eigenvalue weighted by atomic mass is 9.99. The summed E-state index contributed by atoms with van der Waals surface area (Å²) in [5, 5.41) is 2.88. The van der Waals surface area contributed by atoms with E-state index in [4.69, 9.17) is 10.5 Å². The number of rotatable bonds is 7. The first-order chi connectivity index (χ1) is 9.45. The smallest absolute Gasteiger partial charge is 0.237 e. The van der Waals surface area contributed by atoms with Gasteiger partial charge >= 0.3 is 0 Å². The second-order valence-electron chi connectivity index (χ2n) is 5.40. The van der Waals surface area contributed by atoms with E-state index in [9.17, 15) is 4.79 Å². The minimum atomic E-state index is -0.460. The zero-order chi connectivity index (χ0) is 15.1. The Hall–Kier alpha value is -1.26. The number of para-hydroxylation sites is 1. The van der Waals surface area contributed by atoms with Crippen molar-refractivity contribution in [2.24, 2.45) is 11.7 Å². The van der Waals surface area contributed by atoms with Crippen LogP contribution in [0.2, 0.25) is 0 Å². The standard InChI is InChI=1S/C16H26N2O2.ClH/c1-5-12(4)15(17)16(19)18-10-13-8-6-7-9-14(13)20-11(2)3;/h6-9,11-12,15H,5,10,17H2,1-4H3,(H,18,19);1H. The van der Waals surface area contributed by atoms with Crippen molar-refractivity contribution in [3.05, 3.63) is 29.8 Å². The zero-order valence-corrected chi connectivity index (χ0v) is 14.1. The summed E-state index contributed by atoms with van der Waals surface area (Å²) in [4.78, 5) is 12.0. The van der Waals surface area contributed by atoms with Gasteiger partial charge in [-0.05, 0) is 25.8 Å². The molecule has 5 heteroatoms. The first-order valence-corrected chi connectivity index (χ1v) is 7.23. The van der Waals surface area contributed by atoms with Crippen LogP contribution in [-0.4, -0.2) is 18.1 Å². The van der Waals surface area contributed by atoms with Gasteiger partial charge in [-0.25, -0.2) is 0 Å². The van der Waals surface area contributed by atoms with Crippen molar-refractivity contribution in [2.75, 3.05) is 0 Å². The molecule has 0 bridgehead atoms. The van der Waals surface area contributed by atoms with E-state index in [0.717, 1.165) is 17.7 Å². The topological polar surface area (TPSA) is 64.4 Å². The Balaban J connectivity index is 0.00000400. The molecule has 2 atom stereocenters. The van der Waals surface area contributed by atoms with Crippen LogP contribution in [0.3, 0.4) is 0 Å². The number of carbonyl (C=O) groups is 1. The Morgan fingerprint density at radius 1 is 1.29 bits per heavy atom. The molecule has 2 unspecified atom stereocenters. The summed E-state index contributed by atoms with van der Waals surface area (Å²) >= 11 is 0. The number of ether oxygens (including phenoxy) is 1. The Morgan fingerprint density at radius 2 is 1.90 bits per heavy atom. The zero-order valence-electron chi connectivity index (χ0n) is 13.3. The lowest BCUT2D eigenvalue weighted by Crippen LogP contribution is -2.44. The molecule has 120 valence electrons. The summed E-state index contributed by atoms with van der Waals surface area (Å²) in [6, 6.07) is 7.26. The van der Waals surface area contributed by atoms with Crippen molar-refractivity contribution in [3.63, 3.8) is 0 Å². The summed E-state index contributed by atoms with van der Waals surface area (Å²) in [5.74, 6) is 0.871. The van der Waals surface area contributed by atoms with Gasteiger partial charge in [-0.2, -0.15) is 0 Å². The number of carbonyl (C=O) groups excluding carboxylic acids is 1. The van der Waals surface area contributed by atoms with Crippen LogP contribution in [0.5, 0.6) is 5.75 Å². The molecule has 0 radical (unpaired) electrons. The minimum absolute atomic E-state index is 0. The van der Waals surface area contributed by atoms with E-state index >= 15 is 0 Å². The first kappa shape index (κ1) is 19.7. The molecule has 21 heavy (non-hydrogen) atoms. The van der Waals surface area contributed by atoms with Gasteiger partial charge in [0.1, 0.15) is 5.75 Å². The van der Waals surface area contributed by atoms with Crippen molar-refractivity contribution < 1.29 is 9.53 Å². The maximum Gasteiger partial charge on any atom is 0.237 e. The van der Waals surface area contributed by atoms with Crippen LogP contribution >= 0.6 is 12.4 Å². The van der Waals surface area contributed by atoms with Crippen molar-refractivity contribution in [1.82, 2.24) is 5.32 Å². The number of hydrogen-bond acceptors (Lipinski definition) is 3. The van der Waals surface area contributed by atoms with Crippen LogP contribution < -0.4 is 15.8 Å².